The van der Waals surface area contributed by atoms with Crippen LogP contribution >= 0.6 is 0 Å². The Morgan fingerprint density at radius 2 is 2.12 bits per heavy atom. The van der Waals surface area contributed by atoms with E-state index in [0.717, 1.165) is 38.9 Å². The van der Waals surface area contributed by atoms with Crippen LogP contribution in [0.1, 0.15) is 46.5 Å². The maximum atomic E-state index is 6.08. The summed E-state index contributed by atoms with van der Waals surface area (Å²) in [6.07, 6.45) is 6.18. The summed E-state index contributed by atoms with van der Waals surface area (Å²) in [7, 11) is 2.01. The SMILES string of the molecule is CCOC(CC)(CC)C(NC)C1=COCCC1. The molecule has 0 spiro atoms. The molecule has 1 rings (SSSR count). The zero-order valence-corrected chi connectivity index (χ0v) is 11.7. The van der Waals surface area contributed by atoms with Gasteiger partial charge in [-0.1, -0.05) is 13.8 Å². The second kappa shape index (κ2) is 7.02. The van der Waals surface area contributed by atoms with Gasteiger partial charge in [0, 0.05) is 6.61 Å². The molecule has 17 heavy (non-hydrogen) atoms. The summed E-state index contributed by atoms with van der Waals surface area (Å²) in [5.41, 5.74) is 1.24. The highest BCUT2D eigenvalue weighted by atomic mass is 16.5. The summed E-state index contributed by atoms with van der Waals surface area (Å²) >= 11 is 0. The van der Waals surface area contributed by atoms with E-state index in [9.17, 15) is 0 Å². The Kier molecular flexibility index (Phi) is 6.00. The average Bonchev–Trinajstić information content (AvgIpc) is 2.39. The number of likely N-dealkylation sites (N-methyl/N-ethyl adjacent to an activating group) is 1. The van der Waals surface area contributed by atoms with Crippen molar-refractivity contribution < 1.29 is 9.47 Å². The molecule has 0 aromatic rings. The topological polar surface area (TPSA) is 30.5 Å². The van der Waals surface area contributed by atoms with Gasteiger partial charge in [0.05, 0.1) is 24.5 Å². The molecule has 1 N–H and O–H groups in total. The monoisotopic (exact) mass is 241 g/mol. The van der Waals surface area contributed by atoms with Crippen LogP contribution in [0.3, 0.4) is 0 Å². The molecule has 1 atom stereocenters. The number of hydrogen-bond acceptors (Lipinski definition) is 3. The molecule has 3 nitrogen and oxygen atoms in total. The highest BCUT2D eigenvalue weighted by molar-refractivity contribution is 5.17. The van der Waals surface area contributed by atoms with Crippen molar-refractivity contribution in [2.24, 2.45) is 0 Å². The smallest absolute Gasteiger partial charge is 0.0876 e. The third-order valence-electron chi connectivity index (χ3n) is 3.78. The van der Waals surface area contributed by atoms with Gasteiger partial charge in [0.15, 0.2) is 0 Å². The summed E-state index contributed by atoms with van der Waals surface area (Å²) in [5.74, 6) is 0. The zero-order valence-electron chi connectivity index (χ0n) is 11.7. The van der Waals surface area contributed by atoms with Gasteiger partial charge >= 0.3 is 0 Å². The molecule has 0 bridgehead atoms. The van der Waals surface area contributed by atoms with Crippen LogP contribution in [-0.4, -0.2) is 31.9 Å². The minimum absolute atomic E-state index is 0.101. The van der Waals surface area contributed by atoms with Crippen molar-refractivity contribution in [2.45, 2.75) is 58.1 Å². The number of rotatable bonds is 7. The van der Waals surface area contributed by atoms with Crippen LogP contribution in [0.15, 0.2) is 11.8 Å². The van der Waals surface area contributed by atoms with Crippen molar-refractivity contribution in [3.05, 3.63) is 11.8 Å². The van der Waals surface area contributed by atoms with Crippen molar-refractivity contribution in [3.8, 4) is 0 Å². The quantitative estimate of drug-likeness (QED) is 0.743. The number of ether oxygens (including phenoxy) is 2. The Hall–Kier alpha value is -0.540. The lowest BCUT2D eigenvalue weighted by Crippen LogP contribution is -2.52. The first kappa shape index (κ1) is 14.5. The molecule has 0 radical (unpaired) electrons. The molecule has 0 saturated carbocycles. The number of hydrogen-bond donors (Lipinski definition) is 1. The van der Waals surface area contributed by atoms with Gasteiger partial charge in [-0.05, 0) is 45.2 Å². The van der Waals surface area contributed by atoms with Gasteiger partial charge in [0.25, 0.3) is 0 Å². The summed E-state index contributed by atoms with van der Waals surface area (Å²) in [6, 6.07) is 0.262. The molecular weight excluding hydrogens is 214 g/mol. The standard InChI is InChI=1S/C14H27NO2/c1-5-14(6-2,17-7-3)13(15-4)12-9-8-10-16-11-12/h11,13,15H,5-10H2,1-4H3. The zero-order chi connectivity index (χ0) is 12.7. The molecule has 0 aromatic heterocycles. The van der Waals surface area contributed by atoms with Crippen molar-refractivity contribution in [1.29, 1.82) is 0 Å². The maximum Gasteiger partial charge on any atom is 0.0876 e. The van der Waals surface area contributed by atoms with Gasteiger partial charge in [0.2, 0.25) is 0 Å². The summed E-state index contributed by atoms with van der Waals surface area (Å²) in [4.78, 5) is 0. The van der Waals surface area contributed by atoms with Crippen molar-refractivity contribution in [3.63, 3.8) is 0 Å². The van der Waals surface area contributed by atoms with Crippen molar-refractivity contribution in [1.82, 2.24) is 5.32 Å². The van der Waals surface area contributed by atoms with E-state index in [2.05, 4.69) is 26.1 Å². The Morgan fingerprint density at radius 1 is 1.41 bits per heavy atom. The molecule has 1 unspecified atom stereocenters. The predicted octanol–water partition coefficient (Wildman–Crippen LogP) is 2.86. The Labute approximate surface area is 106 Å². The lowest BCUT2D eigenvalue weighted by atomic mass is 9.82. The molecule has 3 heteroatoms. The van der Waals surface area contributed by atoms with Gasteiger partial charge in [-0.2, -0.15) is 0 Å². The van der Waals surface area contributed by atoms with E-state index < -0.39 is 0 Å². The first-order valence-electron chi connectivity index (χ1n) is 6.85. The van der Waals surface area contributed by atoms with Crippen molar-refractivity contribution >= 4 is 0 Å². The first-order chi connectivity index (χ1) is 8.24. The highest BCUT2D eigenvalue weighted by Crippen LogP contribution is 2.32. The molecule has 100 valence electrons. The first-order valence-corrected chi connectivity index (χ1v) is 6.85. The molecule has 0 saturated heterocycles. The minimum atomic E-state index is -0.101. The molecule has 1 aliphatic rings. The van der Waals surface area contributed by atoms with Gasteiger partial charge in [-0.25, -0.2) is 0 Å². The van der Waals surface area contributed by atoms with E-state index in [4.69, 9.17) is 9.47 Å². The van der Waals surface area contributed by atoms with E-state index in [-0.39, 0.29) is 11.6 Å². The second-order valence-corrected chi connectivity index (χ2v) is 4.59. The third-order valence-corrected chi connectivity index (χ3v) is 3.78. The largest absolute Gasteiger partial charge is 0.501 e. The van der Waals surface area contributed by atoms with E-state index in [1.165, 1.54) is 5.57 Å². The highest BCUT2D eigenvalue weighted by Gasteiger charge is 2.38. The Bertz CT molecular complexity index is 247. The molecular formula is C14H27NO2. The lowest BCUT2D eigenvalue weighted by Gasteiger charge is -2.41. The molecule has 0 fully saturated rings. The van der Waals surface area contributed by atoms with E-state index in [1.807, 2.05) is 13.3 Å². The average molecular weight is 241 g/mol. The second-order valence-electron chi connectivity index (χ2n) is 4.59. The van der Waals surface area contributed by atoms with Crippen LogP contribution in [0, 0.1) is 0 Å². The molecule has 0 amide bonds. The molecule has 1 heterocycles. The van der Waals surface area contributed by atoms with Gasteiger partial charge in [0.1, 0.15) is 0 Å². The summed E-state index contributed by atoms with van der Waals surface area (Å²) < 4.78 is 11.5. The molecule has 1 aliphatic heterocycles. The lowest BCUT2D eigenvalue weighted by molar-refractivity contribution is -0.0640. The molecule has 0 aromatic carbocycles. The third kappa shape index (κ3) is 3.23. The molecule has 0 aliphatic carbocycles. The minimum Gasteiger partial charge on any atom is -0.501 e. The maximum absolute atomic E-state index is 6.08. The Morgan fingerprint density at radius 3 is 2.53 bits per heavy atom. The Balaban J connectivity index is 2.90. The van der Waals surface area contributed by atoms with Crippen LogP contribution < -0.4 is 5.32 Å². The normalized spacial score (nSPS) is 18.5. The van der Waals surface area contributed by atoms with Gasteiger partial charge in [-0.3, -0.25) is 0 Å². The summed E-state index contributed by atoms with van der Waals surface area (Å²) in [5, 5.41) is 3.43. The number of nitrogens with one attached hydrogen (secondary N) is 1. The predicted molar refractivity (Wildman–Crippen MR) is 71.1 cm³/mol. The van der Waals surface area contributed by atoms with Gasteiger partial charge < -0.3 is 14.8 Å². The summed E-state index contributed by atoms with van der Waals surface area (Å²) in [6.45, 7) is 8.08. The van der Waals surface area contributed by atoms with E-state index in [1.54, 1.807) is 0 Å². The fourth-order valence-electron chi connectivity index (χ4n) is 2.82. The van der Waals surface area contributed by atoms with Crippen LogP contribution in [-0.2, 0) is 9.47 Å². The van der Waals surface area contributed by atoms with Crippen LogP contribution in [0.25, 0.3) is 0 Å². The fourth-order valence-corrected chi connectivity index (χ4v) is 2.82. The van der Waals surface area contributed by atoms with E-state index >= 15 is 0 Å². The van der Waals surface area contributed by atoms with Crippen LogP contribution in [0.5, 0.6) is 0 Å². The van der Waals surface area contributed by atoms with Gasteiger partial charge in [-0.15, -0.1) is 0 Å². The van der Waals surface area contributed by atoms with Crippen LogP contribution in [0.4, 0.5) is 0 Å². The van der Waals surface area contributed by atoms with Crippen LogP contribution in [0.2, 0.25) is 0 Å². The van der Waals surface area contributed by atoms with Crippen molar-refractivity contribution in [2.75, 3.05) is 20.3 Å². The fraction of sp³-hybridized carbons (Fsp3) is 0.857. The van der Waals surface area contributed by atoms with E-state index in [0.29, 0.717) is 0 Å².